The highest BCUT2D eigenvalue weighted by Gasteiger charge is 2.31. The molecule has 11 aromatic rings. The van der Waals surface area contributed by atoms with E-state index in [9.17, 15) is 18.4 Å². The van der Waals surface area contributed by atoms with Crippen molar-refractivity contribution in [3.8, 4) is 62.0 Å². The van der Waals surface area contributed by atoms with Gasteiger partial charge in [0.25, 0.3) is 0 Å². The minimum Gasteiger partial charge on any atom is -0.309 e. The summed E-state index contributed by atoms with van der Waals surface area (Å²) in [5.74, 6) is 0. The third-order valence-electron chi connectivity index (χ3n) is 13.4. The van der Waals surface area contributed by atoms with Gasteiger partial charge in [0.15, 0.2) is 0 Å². The van der Waals surface area contributed by atoms with Crippen LogP contribution in [0.1, 0.15) is 38.9 Å². The molecule has 0 amide bonds. The van der Waals surface area contributed by atoms with E-state index in [4.69, 9.17) is 0 Å². The highest BCUT2D eigenvalue weighted by atomic mass is 19.4. The summed E-state index contributed by atoms with van der Waals surface area (Å²) in [6.07, 6.45) is -4.51. The molecule has 0 aliphatic heterocycles. The minimum atomic E-state index is -4.51. The number of aryl methyl sites for hydroxylation is 5. The standard InChI is InChI=1S/C61H44F3N3/c1-36-14-20-47(39(4)26-36)43-18-24-57-53(32-43)49-10-6-8-12-55(49)66(57)59-30-41(35-65)16-22-51(59)52-23-17-42(45-28-38(3)29-46(31-45)61(62,63)64)34-60(52)67-56-13-9-7-11-50(56)54-33-44(19-25-58(54)67)48-21-15-37(2)27-40(48)5/h6-34H,1-5H3. The van der Waals surface area contributed by atoms with Gasteiger partial charge in [0.05, 0.1) is 50.6 Å². The largest absolute Gasteiger partial charge is 0.416 e. The van der Waals surface area contributed by atoms with Gasteiger partial charge in [-0.3, -0.25) is 0 Å². The third kappa shape index (κ3) is 7.06. The van der Waals surface area contributed by atoms with E-state index in [0.29, 0.717) is 22.3 Å². The summed E-state index contributed by atoms with van der Waals surface area (Å²) < 4.78 is 47.6. The lowest BCUT2D eigenvalue weighted by atomic mass is 9.94. The van der Waals surface area contributed by atoms with E-state index < -0.39 is 11.7 Å². The summed E-state index contributed by atoms with van der Waals surface area (Å²) in [7, 11) is 0. The maximum absolute atomic E-state index is 14.4. The van der Waals surface area contributed by atoms with Crippen LogP contribution in [0, 0.1) is 45.9 Å². The van der Waals surface area contributed by atoms with Crippen molar-refractivity contribution in [3.63, 3.8) is 0 Å². The number of rotatable bonds is 6. The lowest BCUT2D eigenvalue weighted by molar-refractivity contribution is -0.137. The Morgan fingerprint density at radius 3 is 1.39 bits per heavy atom. The number of nitrogens with zero attached hydrogens (tertiary/aromatic N) is 3. The first kappa shape index (κ1) is 41.6. The number of benzene rings is 9. The topological polar surface area (TPSA) is 33.6 Å². The van der Waals surface area contributed by atoms with E-state index in [0.717, 1.165) is 82.8 Å². The van der Waals surface area contributed by atoms with Gasteiger partial charge in [-0.2, -0.15) is 18.4 Å². The van der Waals surface area contributed by atoms with Crippen molar-refractivity contribution >= 4 is 43.6 Å². The number of hydrogen-bond donors (Lipinski definition) is 0. The van der Waals surface area contributed by atoms with E-state index in [1.165, 1.54) is 39.9 Å². The molecular weight excluding hydrogens is 832 g/mol. The molecule has 0 bridgehead atoms. The number of para-hydroxylation sites is 2. The Kier molecular flexibility index (Phi) is 9.79. The molecule has 2 aromatic heterocycles. The number of halogens is 3. The van der Waals surface area contributed by atoms with Gasteiger partial charge in [-0.1, -0.05) is 120 Å². The molecule has 11 rings (SSSR count). The van der Waals surface area contributed by atoms with E-state index in [1.54, 1.807) is 6.92 Å². The molecule has 0 aliphatic carbocycles. The minimum absolute atomic E-state index is 0.472. The lowest BCUT2D eigenvalue weighted by Crippen LogP contribution is -2.05. The van der Waals surface area contributed by atoms with E-state index >= 15 is 0 Å². The fraction of sp³-hybridized carbons (Fsp3) is 0.0984. The highest BCUT2D eigenvalue weighted by molar-refractivity contribution is 6.13. The molecule has 0 N–H and O–H groups in total. The van der Waals surface area contributed by atoms with Crippen LogP contribution in [0.3, 0.4) is 0 Å². The summed E-state index contributed by atoms with van der Waals surface area (Å²) in [6, 6.07) is 61.4. The summed E-state index contributed by atoms with van der Waals surface area (Å²) in [6.45, 7) is 10.2. The predicted molar refractivity (Wildman–Crippen MR) is 270 cm³/mol. The summed E-state index contributed by atoms with van der Waals surface area (Å²) in [4.78, 5) is 0. The molecule has 3 nitrogen and oxygen atoms in total. The van der Waals surface area contributed by atoms with Gasteiger partial charge in [0, 0.05) is 32.7 Å². The molecule has 0 aliphatic rings. The van der Waals surface area contributed by atoms with Crippen LogP contribution in [-0.2, 0) is 6.18 Å². The lowest BCUT2D eigenvalue weighted by Gasteiger charge is -2.20. The second-order valence-electron chi connectivity index (χ2n) is 18.0. The summed E-state index contributed by atoms with van der Waals surface area (Å²) in [5.41, 5.74) is 18.0. The van der Waals surface area contributed by atoms with Crippen molar-refractivity contribution in [3.05, 3.63) is 215 Å². The van der Waals surface area contributed by atoms with Crippen molar-refractivity contribution in [1.29, 1.82) is 5.26 Å². The van der Waals surface area contributed by atoms with Crippen molar-refractivity contribution < 1.29 is 13.2 Å². The molecule has 0 fully saturated rings. The Morgan fingerprint density at radius 1 is 0.388 bits per heavy atom. The quantitative estimate of drug-likeness (QED) is 0.164. The fourth-order valence-electron chi connectivity index (χ4n) is 10.3. The predicted octanol–water partition coefficient (Wildman–Crippen LogP) is 17.0. The Hall–Kier alpha value is -8.14. The molecule has 0 radical (unpaired) electrons. The molecule has 67 heavy (non-hydrogen) atoms. The molecular formula is C61H44F3N3. The summed E-state index contributed by atoms with van der Waals surface area (Å²) >= 11 is 0. The highest BCUT2D eigenvalue weighted by Crippen LogP contribution is 2.44. The van der Waals surface area contributed by atoms with E-state index in [-0.39, 0.29) is 0 Å². The van der Waals surface area contributed by atoms with Crippen molar-refractivity contribution in [2.75, 3.05) is 0 Å². The Labute approximate surface area is 387 Å². The van der Waals surface area contributed by atoms with Crippen molar-refractivity contribution in [2.24, 2.45) is 0 Å². The first-order valence-corrected chi connectivity index (χ1v) is 22.4. The van der Waals surface area contributed by atoms with Gasteiger partial charge in [-0.15, -0.1) is 0 Å². The van der Waals surface area contributed by atoms with Crippen LogP contribution in [0.5, 0.6) is 0 Å². The number of hydrogen-bond acceptors (Lipinski definition) is 1. The zero-order chi connectivity index (χ0) is 46.3. The van der Waals surface area contributed by atoms with Crippen LogP contribution in [-0.4, -0.2) is 9.13 Å². The fourth-order valence-corrected chi connectivity index (χ4v) is 10.3. The average Bonchev–Trinajstić information content (AvgIpc) is 3.83. The molecule has 6 heteroatoms. The first-order chi connectivity index (χ1) is 32.3. The Morgan fingerprint density at radius 2 is 0.866 bits per heavy atom. The van der Waals surface area contributed by atoms with Crippen LogP contribution >= 0.6 is 0 Å². The van der Waals surface area contributed by atoms with E-state index in [1.807, 2.05) is 60.7 Å². The average molecular weight is 876 g/mol. The van der Waals surface area contributed by atoms with Crippen LogP contribution in [0.2, 0.25) is 0 Å². The summed E-state index contributed by atoms with van der Waals surface area (Å²) in [5, 5.41) is 14.7. The van der Waals surface area contributed by atoms with E-state index in [2.05, 4.69) is 146 Å². The second kappa shape index (κ2) is 15.8. The Bertz CT molecular complexity index is 3870. The molecule has 0 saturated carbocycles. The molecule has 0 saturated heterocycles. The van der Waals surface area contributed by atoms with Gasteiger partial charge in [-0.05, 0) is 151 Å². The van der Waals surface area contributed by atoms with Crippen molar-refractivity contribution in [2.45, 2.75) is 40.8 Å². The maximum atomic E-state index is 14.4. The van der Waals surface area contributed by atoms with Gasteiger partial charge in [0.1, 0.15) is 0 Å². The zero-order valence-electron chi connectivity index (χ0n) is 37.7. The normalized spacial score (nSPS) is 11.9. The number of nitriles is 1. The number of aromatic nitrogens is 2. The Balaban J connectivity index is 1.21. The molecule has 0 atom stereocenters. The van der Waals surface area contributed by atoms with Gasteiger partial charge in [0.2, 0.25) is 0 Å². The van der Waals surface area contributed by atoms with Gasteiger partial charge in [-0.25, -0.2) is 0 Å². The van der Waals surface area contributed by atoms with Crippen LogP contribution in [0.25, 0.3) is 99.5 Å². The van der Waals surface area contributed by atoms with Crippen LogP contribution in [0.4, 0.5) is 13.2 Å². The van der Waals surface area contributed by atoms with Gasteiger partial charge < -0.3 is 9.13 Å². The maximum Gasteiger partial charge on any atom is 0.416 e. The second-order valence-corrected chi connectivity index (χ2v) is 18.0. The smallest absolute Gasteiger partial charge is 0.309 e. The molecule has 324 valence electrons. The van der Waals surface area contributed by atoms with Crippen LogP contribution in [0.15, 0.2) is 176 Å². The third-order valence-corrected chi connectivity index (χ3v) is 13.4. The molecule has 0 unspecified atom stereocenters. The number of fused-ring (bicyclic) bond motifs is 6. The monoisotopic (exact) mass is 875 g/mol. The zero-order valence-corrected chi connectivity index (χ0v) is 37.7. The molecule has 9 aromatic carbocycles. The SMILES string of the molecule is Cc1cc(-c2ccc(-c3ccc(C#N)cc3-n3c4ccccc4c4cc(-c5ccc(C)cc5C)ccc43)c(-n3c4ccccc4c4cc(-c5ccc(C)cc5C)ccc43)c2)cc(C(F)(F)F)c1. The molecule has 2 heterocycles. The number of alkyl halides is 3. The molecule has 0 spiro atoms. The van der Waals surface area contributed by atoms with Crippen LogP contribution < -0.4 is 0 Å². The van der Waals surface area contributed by atoms with Gasteiger partial charge >= 0.3 is 6.18 Å². The van der Waals surface area contributed by atoms with Crippen molar-refractivity contribution in [1.82, 2.24) is 9.13 Å². The first-order valence-electron chi connectivity index (χ1n) is 22.4.